The van der Waals surface area contributed by atoms with Gasteiger partial charge in [-0.15, -0.1) is 0 Å². The van der Waals surface area contributed by atoms with Gasteiger partial charge >= 0.3 is 0 Å². The molecule has 2 N–H and O–H groups in total. The topological polar surface area (TPSA) is 70.2 Å². The van der Waals surface area contributed by atoms with E-state index >= 15 is 0 Å². The summed E-state index contributed by atoms with van der Waals surface area (Å²) in [6.45, 7) is 7.99. The van der Waals surface area contributed by atoms with Crippen molar-refractivity contribution in [2.24, 2.45) is 0 Å². The van der Waals surface area contributed by atoms with Gasteiger partial charge in [-0.05, 0) is 51.4 Å². The van der Waals surface area contributed by atoms with Gasteiger partial charge in [0.15, 0.2) is 23.0 Å². The summed E-state index contributed by atoms with van der Waals surface area (Å²) in [6.07, 6.45) is -1.40. The van der Waals surface area contributed by atoms with Crippen LogP contribution in [0.1, 0.15) is 27.7 Å². The van der Waals surface area contributed by atoms with E-state index in [-0.39, 0.29) is 24.4 Å². The van der Waals surface area contributed by atoms with Gasteiger partial charge in [0.1, 0.15) is 18.3 Å². The SMILES string of the molecule is CC1(C)O[C@H]2O[C@H]([C@H]3COC(C)(C)O3)[C@@H](NC(=S)Nc3cccc4ccccc34)[C@H]2O1. The molecule has 8 heteroatoms. The second-order valence-electron chi connectivity index (χ2n) is 9.09. The summed E-state index contributed by atoms with van der Waals surface area (Å²) >= 11 is 5.68. The molecule has 3 aliphatic heterocycles. The van der Waals surface area contributed by atoms with E-state index in [0.29, 0.717) is 11.7 Å². The van der Waals surface area contributed by atoms with Crippen molar-refractivity contribution >= 4 is 33.8 Å². The fourth-order valence-electron chi connectivity index (χ4n) is 4.54. The van der Waals surface area contributed by atoms with Gasteiger partial charge < -0.3 is 34.3 Å². The quantitative estimate of drug-likeness (QED) is 0.697. The molecule has 2 aromatic rings. The first-order valence-corrected chi connectivity index (χ1v) is 11.0. The van der Waals surface area contributed by atoms with Gasteiger partial charge in [-0.3, -0.25) is 0 Å². The van der Waals surface area contributed by atoms with Crippen LogP contribution in [0.25, 0.3) is 10.8 Å². The molecular weight excluding hydrogens is 416 g/mol. The normalized spacial score (nSPS) is 33.4. The Morgan fingerprint density at radius 2 is 1.71 bits per heavy atom. The highest BCUT2D eigenvalue weighted by atomic mass is 32.1. The van der Waals surface area contributed by atoms with Gasteiger partial charge in [-0.2, -0.15) is 0 Å². The third kappa shape index (κ3) is 4.16. The van der Waals surface area contributed by atoms with Crippen molar-refractivity contribution in [2.75, 3.05) is 11.9 Å². The highest BCUT2D eigenvalue weighted by Gasteiger charge is 2.58. The first-order valence-electron chi connectivity index (χ1n) is 10.6. The lowest BCUT2D eigenvalue weighted by Crippen LogP contribution is -2.53. The van der Waals surface area contributed by atoms with Crippen LogP contribution in [-0.2, 0) is 23.7 Å². The van der Waals surface area contributed by atoms with E-state index in [9.17, 15) is 0 Å². The summed E-state index contributed by atoms with van der Waals surface area (Å²) in [5, 5.41) is 9.48. The van der Waals surface area contributed by atoms with Crippen molar-refractivity contribution in [3.8, 4) is 0 Å². The smallest absolute Gasteiger partial charge is 0.189 e. The Morgan fingerprint density at radius 1 is 0.935 bits per heavy atom. The molecule has 0 bridgehead atoms. The van der Waals surface area contributed by atoms with E-state index in [2.05, 4.69) is 28.8 Å². The average molecular weight is 445 g/mol. The summed E-state index contributed by atoms with van der Waals surface area (Å²) in [4.78, 5) is 0. The number of hydrogen-bond donors (Lipinski definition) is 2. The molecule has 0 aliphatic carbocycles. The highest BCUT2D eigenvalue weighted by molar-refractivity contribution is 7.80. The van der Waals surface area contributed by atoms with E-state index in [0.717, 1.165) is 16.5 Å². The third-order valence-corrected chi connectivity index (χ3v) is 6.04. The Labute approximate surface area is 187 Å². The summed E-state index contributed by atoms with van der Waals surface area (Å²) in [5.41, 5.74) is 0.938. The molecule has 0 unspecified atom stereocenters. The minimum Gasteiger partial charge on any atom is -0.354 e. The van der Waals surface area contributed by atoms with Crippen LogP contribution in [0.15, 0.2) is 42.5 Å². The van der Waals surface area contributed by atoms with Crippen LogP contribution in [-0.4, -0.2) is 53.9 Å². The summed E-state index contributed by atoms with van der Waals surface area (Å²) in [5.74, 6) is -1.38. The molecule has 0 spiro atoms. The molecule has 3 heterocycles. The molecule has 5 rings (SSSR count). The molecule has 0 radical (unpaired) electrons. The summed E-state index contributed by atoms with van der Waals surface area (Å²) in [6, 6.07) is 14.0. The van der Waals surface area contributed by atoms with Crippen LogP contribution in [0, 0.1) is 0 Å². The number of nitrogens with one attached hydrogen (secondary N) is 2. The van der Waals surface area contributed by atoms with Crippen LogP contribution in [0.3, 0.4) is 0 Å². The standard InChI is InChI=1S/C23H28N2O5S/c1-22(2)26-12-16(28-22)18-17(19-20(27-18)30-23(3,4)29-19)25-21(31)24-15-11-7-9-13-8-5-6-10-14(13)15/h5-11,16-20H,12H2,1-4H3,(H2,24,25,31)/t16-,17-,18-,19-,20-/m1/s1. The lowest BCUT2D eigenvalue weighted by Gasteiger charge is -2.30. The van der Waals surface area contributed by atoms with E-state index < -0.39 is 17.9 Å². The van der Waals surface area contributed by atoms with Crippen LogP contribution < -0.4 is 10.6 Å². The molecule has 2 aromatic carbocycles. The lowest BCUT2D eigenvalue weighted by atomic mass is 10.0. The molecule has 3 aliphatic rings. The van der Waals surface area contributed by atoms with Crippen molar-refractivity contribution in [1.29, 1.82) is 0 Å². The van der Waals surface area contributed by atoms with Gasteiger partial charge in [0.25, 0.3) is 0 Å². The zero-order valence-electron chi connectivity index (χ0n) is 18.1. The van der Waals surface area contributed by atoms with Crippen LogP contribution in [0.2, 0.25) is 0 Å². The maximum absolute atomic E-state index is 6.23. The Hall–Kier alpha value is -1.81. The van der Waals surface area contributed by atoms with Crippen LogP contribution >= 0.6 is 12.2 Å². The molecule has 3 fully saturated rings. The molecule has 3 saturated heterocycles. The molecule has 0 aromatic heterocycles. The third-order valence-electron chi connectivity index (χ3n) is 5.82. The van der Waals surface area contributed by atoms with Gasteiger partial charge in [-0.1, -0.05) is 36.4 Å². The number of ether oxygens (including phenoxy) is 5. The number of anilines is 1. The van der Waals surface area contributed by atoms with Crippen molar-refractivity contribution in [3.63, 3.8) is 0 Å². The Balaban J connectivity index is 1.36. The van der Waals surface area contributed by atoms with E-state index in [4.69, 9.17) is 35.9 Å². The van der Waals surface area contributed by atoms with Gasteiger partial charge in [0.05, 0.1) is 12.6 Å². The maximum Gasteiger partial charge on any atom is 0.189 e. The number of rotatable bonds is 3. The first-order chi connectivity index (χ1) is 14.7. The predicted molar refractivity (Wildman–Crippen MR) is 121 cm³/mol. The van der Waals surface area contributed by atoms with Gasteiger partial charge in [-0.25, -0.2) is 0 Å². The van der Waals surface area contributed by atoms with Gasteiger partial charge in [0, 0.05) is 11.1 Å². The van der Waals surface area contributed by atoms with Crippen LogP contribution in [0.5, 0.6) is 0 Å². The Morgan fingerprint density at radius 3 is 2.48 bits per heavy atom. The predicted octanol–water partition coefficient (Wildman–Crippen LogP) is 3.52. The molecule has 5 atom stereocenters. The maximum atomic E-state index is 6.23. The lowest BCUT2D eigenvalue weighted by molar-refractivity contribution is -0.223. The van der Waals surface area contributed by atoms with Crippen molar-refractivity contribution in [1.82, 2.24) is 5.32 Å². The Bertz CT molecular complexity index is 992. The molecule has 0 saturated carbocycles. The number of hydrogen-bond acceptors (Lipinski definition) is 6. The molecule has 31 heavy (non-hydrogen) atoms. The minimum absolute atomic E-state index is 0.256. The van der Waals surface area contributed by atoms with Crippen molar-refractivity contribution in [3.05, 3.63) is 42.5 Å². The molecule has 0 amide bonds. The zero-order chi connectivity index (χ0) is 21.8. The number of thiocarbonyl (C=S) groups is 1. The number of fused-ring (bicyclic) bond motifs is 2. The summed E-state index contributed by atoms with van der Waals surface area (Å²) in [7, 11) is 0. The zero-order valence-corrected chi connectivity index (χ0v) is 18.9. The molecule has 166 valence electrons. The first kappa shape index (κ1) is 21.1. The largest absolute Gasteiger partial charge is 0.354 e. The number of benzene rings is 2. The van der Waals surface area contributed by atoms with E-state index in [1.807, 2.05) is 52.0 Å². The fourth-order valence-corrected chi connectivity index (χ4v) is 4.78. The second-order valence-corrected chi connectivity index (χ2v) is 9.50. The molecular formula is C23H28N2O5S. The average Bonchev–Trinajstić information content (AvgIpc) is 3.32. The highest BCUT2D eigenvalue weighted by Crippen LogP contribution is 2.40. The van der Waals surface area contributed by atoms with Crippen molar-refractivity contribution < 1.29 is 23.7 Å². The minimum atomic E-state index is -0.725. The van der Waals surface area contributed by atoms with E-state index in [1.54, 1.807) is 0 Å². The summed E-state index contributed by atoms with van der Waals surface area (Å²) < 4.78 is 30.2. The van der Waals surface area contributed by atoms with Crippen molar-refractivity contribution in [2.45, 2.75) is 69.9 Å². The van der Waals surface area contributed by atoms with Crippen LogP contribution in [0.4, 0.5) is 5.69 Å². The van der Waals surface area contributed by atoms with E-state index in [1.165, 1.54) is 0 Å². The molecule has 7 nitrogen and oxygen atoms in total. The monoisotopic (exact) mass is 444 g/mol. The second kappa shape index (κ2) is 7.65. The van der Waals surface area contributed by atoms with Gasteiger partial charge in [0.2, 0.25) is 0 Å². The Kier molecular flexibility index (Phi) is 5.20. The fraction of sp³-hybridized carbons (Fsp3) is 0.522.